The van der Waals surface area contributed by atoms with Gasteiger partial charge in [-0.2, -0.15) is 0 Å². The number of aliphatic hydroxyl groups is 1. The Balaban J connectivity index is 1.80. The highest BCUT2D eigenvalue weighted by atomic mass is 32.1. The molecule has 0 spiro atoms. The van der Waals surface area contributed by atoms with E-state index < -0.39 is 0 Å². The second-order valence-electron chi connectivity index (χ2n) is 5.06. The fourth-order valence-electron chi connectivity index (χ4n) is 2.66. The molecule has 1 aromatic rings. The van der Waals surface area contributed by atoms with Crippen LogP contribution in [-0.4, -0.2) is 35.9 Å². The molecule has 18 heavy (non-hydrogen) atoms. The molecule has 1 saturated heterocycles. The summed E-state index contributed by atoms with van der Waals surface area (Å²) in [6, 6.07) is 0. The van der Waals surface area contributed by atoms with Crippen molar-refractivity contribution in [1.82, 2.24) is 4.98 Å². The van der Waals surface area contributed by atoms with Crippen LogP contribution in [0.2, 0.25) is 0 Å². The number of aliphatic hydroxyl groups excluding tert-OH is 1. The van der Waals surface area contributed by atoms with Crippen LogP contribution in [-0.2, 0) is 11.2 Å². The highest BCUT2D eigenvalue weighted by molar-refractivity contribution is 7.15. The van der Waals surface area contributed by atoms with Gasteiger partial charge in [0.1, 0.15) is 0 Å². The summed E-state index contributed by atoms with van der Waals surface area (Å²) in [4.78, 5) is 8.26. The molecule has 0 saturated carbocycles. The highest BCUT2D eigenvalue weighted by Crippen LogP contribution is 2.37. The zero-order valence-corrected chi connectivity index (χ0v) is 11.6. The van der Waals surface area contributed by atoms with Crippen LogP contribution in [0, 0.1) is 0 Å². The number of morpholine rings is 1. The molecular weight excluding hydrogens is 248 g/mol. The number of hydrogen-bond donors (Lipinski definition) is 1. The monoisotopic (exact) mass is 268 g/mol. The summed E-state index contributed by atoms with van der Waals surface area (Å²) in [5.74, 6) is 0. The zero-order chi connectivity index (χ0) is 12.5. The van der Waals surface area contributed by atoms with Crippen LogP contribution < -0.4 is 4.90 Å². The van der Waals surface area contributed by atoms with Crippen molar-refractivity contribution in [3.05, 3.63) is 10.6 Å². The Morgan fingerprint density at radius 1 is 1.56 bits per heavy atom. The van der Waals surface area contributed by atoms with E-state index in [0.717, 1.165) is 56.2 Å². The molecule has 0 aromatic carbocycles. The summed E-state index contributed by atoms with van der Waals surface area (Å²) in [5, 5.41) is 11.0. The molecule has 2 atom stereocenters. The van der Waals surface area contributed by atoms with E-state index >= 15 is 0 Å². The second-order valence-corrected chi connectivity index (χ2v) is 6.12. The van der Waals surface area contributed by atoms with Crippen molar-refractivity contribution in [2.75, 3.05) is 24.6 Å². The summed E-state index contributed by atoms with van der Waals surface area (Å²) in [6.07, 6.45) is 4.04. The third-order valence-electron chi connectivity index (χ3n) is 3.78. The van der Waals surface area contributed by atoms with Crippen molar-refractivity contribution in [2.24, 2.45) is 0 Å². The number of thiazole rings is 1. The average molecular weight is 268 g/mol. The number of hydrogen-bond acceptors (Lipinski definition) is 5. The predicted octanol–water partition coefficient (Wildman–Crippen LogP) is 2.13. The molecule has 100 valence electrons. The lowest BCUT2D eigenvalue weighted by atomic mass is 10.0. The normalized spacial score (nSPS) is 28.2. The largest absolute Gasteiger partial charge is 0.387 e. The Morgan fingerprint density at radius 3 is 3.22 bits per heavy atom. The fraction of sp³-hybridized carbons (Fsp3) is 0.769. The zero-order valence-electron chi connectivity index (χ0n) is 10.8. The molecule has 1 aromatic heterocycles. The van der Waals surface area contributed by atoms with E-state index in [1.807, 2.05) is 0 Å². The summed E-state index contributed by atoms with van der Waals surface area (Å²) in [5.41, 5.74) is 0.931. The number of fused-ring (bicyclic) bond motifs is 1. The van der Waals surface area contributed by atoms with E-state index in [1.54, 1.807) is 11.3 Å². The average Bonchev–Trinajstić information content (AvgIpc) is 2.84. The Hall–Kier alpha value is -0.650. The molecule has 1 N–H and O–H groups in total. The molecule has 0 amide bonds. The van der Waals surface area contributed by atoms with Crippen LogP contribution in [0.15, 0.2) is 0 Å². The van der Waals surface area contributed by atoms with Crippen molar-refractivity contribution >= 4 is 16.5 Å². The molecular formula is C13H20N2O2S. The summed E-state index contributed by atoms with van der Waals surface area (Å²) in [6.45, 7) is 4.79. The summed E-state index contributed by atoms with van der Waals surface area (Å²) < 4.78 is 5.69. The van der Waals surface area contributed by atoms with Crippen molar-refractivity contribution in [2.45, 2.75) is 44.8 Å². The van der Waals surface area contributed by atoms with E-state index in [0.29, 0.717) is 6.10 Å². The van der Waals surface area contributed by atoms with Crippen molar-refractivity contribution in [3.8, 4) is 0 Å². The van der Waals surface area contributed by atoms with Crippen LogP contribution in [0.4, 0.5) is 5.13 Å². The van der Waals surface area contributed by atoms with E-state index in [-0.39, 0.29) is 6.10 Å². The van der Waals surface area contributed by atoms with E-state index in [1.165, 1.54) is 4.88 Å². The molecule has 2 aliphatic rings. The minimum absolute atomic E-state index is 0.324. The highest BCUT2D eigenvalue weighted by Gasteiger charge is 2.27. The van der Waals surface area contributed by atoms with Gasteiger partial charge in [0, 0.05) is 18.0 Å². The first-order valence-electron chi connectivity index (χ1n) is 6.82. The topological polar surface area (TPSA) is 45.6 Å². The first-order chi connectivity index (χ1) is 8.78. The number of aromatic nitrogens is 1. The van der Waals surface area contributed by atoms with Gasteiger partial charge in [0.15, 0.2) is 5.13 Å². The van der Waals surface area contributed by atoms with Crippen LogP contribution in [0.1, 0.15) is 42.9 Å². The van der Waals surface area contributed by atoms with Gasteiger partial charge in [-0.05, 0) is 25.7 Å². The van der Waals surface area contributed by atoms with Gasteiger partial charge in [0.2, 0.25) is 0 Å². The third-order valence-corrected chi connectivity index (χ3v) is 4.97. The van der Waals surface area contributed by atoms with Crippen molar-refractivity contribution in [1.29, 1.82) is 0 Å². The lowest BCUT2D eigenvalue weighted by Crippen LogP contribution is -2.42. The SMILES string of the molecule is CCC1CN(c2nc3c(s2)CCCC3O)CCO1. The Bertz CT molecular complexity index is 421. The maximum atomic E-state index is 9.97. The molecule has 3 rings (SSSR count). The maximum Gasteiger partial charge on any atom is 0.186 e. The second kappa shape index (κ2) is 5.15. The van der Waals surface area contributed by atoms with Crippen LogP contribution in [0.5, 0.6) is 0 Å². The molecule has 1 aliphatic carbocycles. The predicted molar refractivity (Wildman–Crippen MR) is 72.3 cm³/mol. The number of aryl methyl sites for hydroxylation is 1. The smallest absolute Gasteiger partial charge is 0.186 e. The number of nitrogens with zero attached hydrogens (tertiary/aromatic N) is 2. The van der Waals surface area contributed by atoms with Gasteiger partial charge in [0.05, 0.1) is 24.5 Å². The van der Waals surface area contributed by atoms with Crippen LogP contribution in [0.3, 0.4) is 0 Å². The molecule has 1 aliphatic heterocycles. The number of anilines is 1. The molecule has 0 bridgehead atoms. The minimum atomic E-state index is -0.346. The first kappa shape index (κ1) is 12.4. The molecule has 5 heteroatoms. The molecule has 2 heterocycles. The summed E-state index contributed by atoms with van der Waals surface area (Å²) in [7, 11) is 0. The molecule has 2 unspecified atom stereocenters. The van der Waals surface area contributed by atoms with Gasteiger partial charge in [-0.25, -0.2) is 4.98 Å². The Morgan fingerprint density at radius 2 is 2.44 bits per heavy atom. The standard InChI is InChI=1S/C13H20N2O2S/c1-2-9-8-15(6-7-17-9)13-14-12-10(16)4-3-5-11(12)18-13/h9-10,16H,2-8H2,1H3. The van der Waals surface area contributed by atoms with Crippen LogP contribution >= 0.6 is 11.3 Å². The van der Waals surface area contributed by atoms with Crippen molar-refractivity contribution in [3.63, 3.8) is 0 Å². The van der Waals surface area contributed by atoms with Gasteiger partial charge in [-0.1, -0.05) is 6.92 Å². The third kappa shape index (κ3) is 2.27. The fourth-order valence-corrected chi connectivity index (χ4v) is 3.85. The molecule has 4 nitrogen and oxygen atoms in total. The lowest BCUT2D eigenvalue weighted by molar-refractivity contribution is 0.0384. The van der Waals surface area contributed by atoms with Gasteiger partial charge in [0.25, 0.3) is 0 Å². The minimum Gasteiger partial charge on any atom is -0.387 e. The van der Waals surface area contributed by atoms with Gasteiger partial charge in [-0.3, -0.25) is 0 Å². The van der Waals surface area contributed by atoms with Crippen molar-refractivity contribution < 1.29 is 9.84 Å². The molecule has 1 fully saturated rings. The Kier molecular flexibility index (Phi) is 3.54. The quantitative estimate of drug-likeness (QED) is 0.892. The van der Waals surface area contributed by atoms with Gasteiger partial charge < -0.3 is 14.7 Å². The molecule has 0 radical (unpaired) electrons. The number of ether oxygens (including phenoxy) is 1. The van der Waals surface area contributed by atoms with E-state index in [4.69, 9.17) is 4.74 Å². The van der Waals surface area contributed by atoms with E-state index in [2.05, 4.69) is 16.8 Å². The maximum absolute atomic E-state index is 9.97. The lowest BCUT2D eigenvalue weighted by Gasteiger charge is -2.32. The summed E-state index contributed by atoms with van der Waals surface area (Å²) >= 11 is 1.76. The van der Waals surface area contributed by atoms with Gasteiger partial charge in [-0.15, -0.1) is 11.3 Å². The number of rotatable bonds is 2. The van der Waals surface area contributed by atoms with Crippen LogP contribution in [0.25, 0.3) is 0 Å². The Labute approximate surface area is 112 Å². The first-order valence-corrected chi connectivity index (χ1v) is 7.63. The van der Waals surface area contributed by atoms with E-state index in [9.17, 15) is 5.11 Å². The van der Waals surface area contributed by atoms with Gasteiger partial charge >= 0.3 is 0 Å².